The zero-order valence-corrected chi connectivity index (χ0v) is 12.2. The van der Waals surface area contributed by atoms with Crippen molar-refractivity contribution in [2.45, 2.75) is 66.0 Å². The van der Waals surface area contributed by atoms with E-state index < -0.39 is 0 Å². The number of amides is 1. The Labute approximate surface area is 106 Å². The fourth-order valence-electron chi connectivity index (χ4n) is 2.62. The molecule has 0 aromatic rings. The molecule has 0 heterocycles. The second-order valence-electron chi connectivity index (χ2n) is 6.87. The first-order valence-electron chi connectivity index (χ1n) is 6.63. The molecule has 0 bridgehead atoms. The molecule has 17 heavy (non-hydrogen) atoms. The summed E-state index contributed by atoms with van der Waals surface area (Å²) in [6.07, 6.45) is 2.97. The summed E-state index contributed by atoms with van der Waals surface area (Å²) in [6.45, 7) is 10.6. The van der Waals surface area contributed by atoms with Crippen LogP contribution in [0.3, 0.4) is 0 Å². The van der Waals surface area contributed by atoms with Crippen molar-refractivity contribution in [2.24, 2.45) is 16.6 Å². The van der Waals surface area contributed by atoms with Crippen molar-refractivity contribution >= 4 is 5.91 Å². The van der Waals surface area contributed by atoms with E-state index in [2.05, 4.69) is 27.7 Å². The van der Waals surface area contributed by atoms with Crippen LogP contribution in [0.15, 0.2) is 0 Å². The Morgan fingerprint density at radius 1 is 1.47 bits per heavy atom. The first-order chi connectivity index (χ1) is 7.60. The van der Waals surface area contributed by atoms with Gasteiger partial charge in [-0.25, -0.2) is 0 Å². The van der Waals surface area contributed by atoms with Gasteiger partial charge in [0.2, 0.25) is 5.91 Å². The van der Waals surface area contributed by atoms with Crippen LogP contribution < -0.4 is 5.73 Å². The van der Waals surface area contributed by atoms with E-state index in [0.29, 0.717) is 0 Å². The quantitative estimate of drug-likeness (QED) is 0.805. The molecule has 3 unspecified atom stereocenters. The number of carbonyl (C=O) groups excluding carboxylic acids is 1. The lowest BCUT2D eigenvalue weighted by Crippen LogP contribution is -2.53. The zero-order chi connectivity index (χ0) is 13.4. The lowest BCUT2D eigenvalue weighted by Gasteiger charge is -2.40. The first kappa shape index (κ1) is 14.5. The highest BCUT2D eigenvalue weighted by Gasteiger charge is 2.45. The van der Waals surface area contributed by atoms with E-state index in [9.17, 15) is 4.79 Å². The van der Waals surface area contributed by atoms with Gasteiger partial charge in [0, 0.05) is 19.1 Å². The van der Waals surface area contributed by atoms with Gasteiger partial charge in [-0.05, 0) is 32.1 Å². The fourth-order valence-corrected chi connectivity index (χ4v) is 2.62. The summed E-state index contributed by atoms with van der Waals surface area (Å²) in [5.41, 5.74) is 5.86. The highest BCUT2D eigenvalue weighted by molar-refractivity contribution is 5.83. The number of hydrogen-bond donors (Lipinski definition) is 1. The van der Waals surface area contributed by atoms with Crippen molar-refractivity contribution in [3.63, 3.8) is 0 Å². The van der Waals surface area contributed by atoms with Crippen molar-refractivity contribution < 1.29 is 4.79 Å². The van der Waals surface area contributed by atoms with E-state index in [1.54, 1.807) is 0 Å². The van der Waals surface area contributed by atoms with Crippen molar-refractivity contribution in [2.75, 3.05) is 7.05 Å². The van der Waals surface area contributed by atoms with Crippen LogP contribution in [-0.2, 0) is 4.79 Å². The lowest BCUT2D eigenvalue weighted by atomic mass is 9.81. The second-order valence-corrected chi connectivity index (χ2v) is 6.87. The van der Waals surface area contributed by atoms with E-state index in [1.165, 1.54) is 0 Å². The molecule has 3 nitrogen and oxygen atoms in total. The van der Waals surface area contributed by atoms with Crippen molar-refractivity contribution in [3.05, 3.63) is 0 Å². The maximum Gasteiger partial charge on any atom is 0.230 e. The van der Waals surface area contributed by atoms with Crippen LogP contribution in [0.1, 0.15) is 53.9 Å². The molecule has 0 aliphatic heterocycles. The van der Waals surface area contributed by atoms with E-state index in [1.807, 2.05) is 18.9 Å². The third kappa shape index (κ3) is 2.65. The summed E-state index contributed by atoms with van der Waals surface area (Å²) < 4.78 is 0. The summed E-state index contributed by atoms with van der Waals surface area (Å²) in [6, 6.07) is 0.240. The SMILES string of the molecule is CC(N(C)C(=O)C1(C)CCCC1N)C(C)(C)C. The van der Waals surface area contributed by atoms with E-state index in [-0.39, 0.29) is 28.8 Å². The van der Waals surface area contributed by atoms with Crippen LogP contribution in [0.2, 0.25) is 0 Å². The summed E-state index contributed by atoms with van der Waals surface area (Å²) in [5, 5.41) is 0. The monoisotopic (exact) mass is 240 g/mol. The Morgan fingerprint density at radius 3 is 2.35 bits per heavy atom. The molecule has 0 aromatic heterocycles. The Hall–Kier alpha value is -0.570. The van der Waals surface area contributed by atoms with Crippen molar-refractivity contribution in [3.8, 4) is 0 Å². The van der Waals surface area contributed by atoms with Crippen molar-refractivity contribution in [1.82, 2.24) is 4.90 Å². The molecule has 100 valence electrons. The predicted octanol–water partition coefficient (Wildman–Crippen LogP) is 2.40. The van der Waals surface area contributed by atoms with E-state index in [0.717, 1.165) is 19.3 Å². The largest absolute Gasteiger partial charge is 0.342 e. The Kier molecular flexibility index (Phi) is 3.92. The molecule has 1 aliphatic rings. The molecular weight excluding hydrogens is 212 g/mol. The molecule has 1 aliphatic carbocycles. The molecule has 1 fully saturated rings. The number of rotatable bonds is 2. The minimum Gasteiger partial charge on any atom is -0.342 e. The van der Waals surface area contributed by atoms with Crippen LogP contribution >= 0.6 is 0 Å². The molecule has 1 saturated carbocycles. The summed E-state index contributed by atoms with van der Waals surface area (Å²) >= 11 is 0. The molecule has 3 atom stereocenters. The van der Waals surface area contributed by atoms with Crippen molar-refractivity contribution in [1.29, 1.82) is 0 Å². The van der Waals surface area contributed by atoms with Crippen LogP contribution in [-0.4, -0.2) is 29.9 Å². The first-order valence-corrected chi connectivity index (χ1v) is 6.63. The minimum atomic E-state index is -0.353. The van der Waals surface area contributed by atoms with E-state index >= 15 is 0 Å². The molecule has 1 amide bonds. The van der Waals surface area contributed by atoms with Gasteiger partial charge >= 0.3 is 0 Å². The molecule has 0 aromatic carbocycles. The van der Waals surface area contributed by atoms with Gasteiger partial charge in [-0.1, -0.05) is 27.2 Å². The topological polar surface area (TPSA) is 46.3 Å². The zero-order valence-electron chi connectivity index (χ0n) is 12.2. The second kappa shape index (κ2) is 4.60. The van der Waals surface area contributed by atoms with Crippen LogP contribution in [0.4, 0.5) is 0 Å². The fraction of sp³-hybridized carbons (Fsp3) is 0.929. The maximum atomic E-state index is 12.6. The predicted molar refractivity (Wildman–Crippen MR) is 71.6 cm³/mol. The van der Waals surface area contributed by atoms with Gasteiger partial charge in [0.25, 0.3) is 0 Å². The average molecular weight is 240 g/mol. The Morgan fingerprint density at radius 2 is 2.00 bits per heavy atom. The number of hydrogen-bond acceptors (Lipinski definition) is 2. The summed E-state index contributed by atoms with van der Waals surface area (Å²) in [5.74, 6) is 0.213. The minimum absolute atomic E-state index is 0.0182. The van der Waals surface area contributed by atoms with Gasteiger partial charge in [0.1, 0.15) is 0 Å². The smallest absolute Gasteiger partial charge is 0.230 e. The molecule has 3 heteroatoms. The van der Waals surface area contributed by atoms with Gasteiger partial charge in [-0.2, -0.15) is 0 Å². The Bertz CT molecular complexity index is 295. The van der Waals surface area contributed by atoms with E-state index in [4.69, 9.17) is 5.73 Å². The molecule has 0 spiro atoms. The lowest BCUT2D eigenvalue weighted by molar-refractivity contribution is -0.144. The van der Waals surface area contributed by atoms with Gasteiger partial charge in [0.05, 0.1) is 5.41 Å². The third-order valence-corrected chi connectivity index (χ3v) is 4.67. The molecular formula is C14H28N2O. The van der Waals surface area contributed by atoms with Gasteiger partial charge in [-0.3, -0.25) is 4.79 Å². The van der Waals surface area contributed by atoms with Gasteiger partial charge < -0.3 is 10.6 Å². The third-order valence-electron chi connectivity index (χ3n) is 4.67. The van der Waals surface area contributed by atoms with Crippen LogP contribution in [0.25, 0.3) is 0 Å². The van der Waals surface area contributed by atoms with Gasteiger partial charge in [0.15, 0.2) is 0 Å². The standard InChI is InChI=1S/C14H28N2O/c1-10(13(2,3)4)16(6)12(17)14(5)9-7-8-11(14)15/h10-11H,7-9,15H2,1-6H3. The number of nitrogens with zero attached hydrogens (tertiary/aromatic N) is 1. The van der Waals surface area contributed by atoms with Crippen LogP contribution in [0, 0.1) is 10.8 Å². The molecule has 0 radical (unpaired) electrons. The molecule has 2 N–H and O–H groups in total. The molecule has 0 saturated heterocycles. The highest BCUT2D eigenvalue weighted by Crippen LogP contribution is 2.39. The van der Waals surface area contributed by atoms with Gasteiger partial charge in [-0.15, -0.1) is 0 Å². The Balaban J connectivity index is 2.83. The molecule has 1 rings (SSSR count). The average Bonchev–Trinajstić information content (AvgIpc) is 2.56. The number of carbonyl (C=O) groups is 1. The van der Waals surface area contributed by atoms with Crippen LogP contribution in [0.5, 0.6) is 0 Å². The summed E-state index contributed by atoms with van der Waals surface area (Å²) in [4.78, 5) is 14.5. The maximum absolute atomic E-state index is 12.6. The highest BCUT2D eigenvalue weighted by atomic mass is 16.2. The summed E-state index contributed by atoms with van der Waals surface area (Å²) in [7, 11) is 1.91. The normalized spacial score (nSPS) is 31.4. The number of nitrogens with two attached hydrogens (primary N) is 1.